The van der Waals surface area contributed by atoms with Crippen molar-refractivity contribution in [3.05, 3.63) is 24.3 Å². The van der Waals surface area contributed by atoms with E-state index in [1.165, 1.54) is 24.3 Å². The van der Waals surface area contributed by atoms with Gasteiger partial charge in [-0.05, 0) is 37.2 Å². The third kappa shape index (κ3) is 5.94. The molecule has 1 unspecified atom stereocenters. The van der Waals surface area contributed by atoms with Crippen molar-refractivity contribution < 1.29 is 13.2 Å². The highest BCUT2D eigenvalue weighted by molar-refractivity contribution is 7.89. The molecule has 1 heterocycles. The second kappa shape index (κ2) is 8.81. The van der Waals surface area contributed by atoms with Gasteiger partial charge in [-0.15, -0.1) is 0 Å². The zero-order valence-corrected chi connectivity index (χ0v) is 16.4. The van der Waals surface area contributed by atoms with Gasteiger partial charge in [0, 0.05) is 44.5 Å². The van der Waals surface area contributed by atoms with E-state index < -0.39 is 10.0 Å². The summed E-state index contributed by atoms with van der Waals surface area (Å²) in [5.41, 5.74) is 0.510. The third-order valence-corrected chi connectivity index (χ3v) is 5.62. The Morgan fingerprint density at radius 1 is 1.15 bits per heavy atom. The van der Waals surface area contributed by atoms with Crippen molar-refractivity contribution in [1.82, 2.24) is 15.1 Å². The molecule has 8 nitrogen and oxygen atoms in total. The topological polar surface area (TPSA) is 108 Å². The maximum absolute atomic E-state index is 12.2. The van der Waals surface area contributed by atoms with Crippen LogP contribution in [-0.2, 0) is 10.0 Å². The number of rotatable bonds is 6. The van der Waals surface area contributed by atoms with Crippen molar-refractivity contribution in [1.29, 1.82) is 0 Å². The molecule has 1 saturated heterocycles. The lowest BCUT2D eigenvalue weighted by molar-refractivity contribution is 0.0890. The Bertz CT molecular complexity index is 698. The first-order valence-electron chi connectivity index (χ1n) is 8.77. The van der Waals surface area contributed by atoms with Gasteiger partial charge in [-0.3, -0.25) is 4.90 Å². The molecule has 2 rings (SSSR count). The summed E-state index contributed by atoms with van der Waals surface area (Å²) in [4.78, 5) is 16.9. The molecule has 26 heavy (non-hydrogen) atoms. The van der Waals surface area contributed by atoms with E-state index in [1.54, 1.807) is 0 Å². The fourth-order valence-electron chi connectivity index (χ4n) is 3.04. The molecule has 0 aromatic heterocycles. The lowest BCUT2D eigenvalue weighted by Crippen LogP contribution is -2.54. The number of nitrogens with zero attached hydrogens (tertiary/aromatic N) is 2. The summed E-state index contributed by atoms with van der Waals surface area (Å²) in [6, 6.07) is 5.73. The van der Waals surface area contributed by atoms with Gasteiger partial charge in [0.1, 0.15) is 0 Å². The van der Waals surface area contributed by atoms with Gasteiger partial charge in [0.05, 0.1) is 4.90 Å². The lowest BCUT2D eigenvalue weighted by atomic mass is 10.0. The molecule has 1 atom stereocenters. The molecule has 146 valence electrons. The van der Waals surface area contributed by atoms with Gasteiger partial charge in [0.2, 0.25) is 10.0 Å². The quantitative estimate of drug-likeness (QED) is 0.671. The molecule has 1 aliphatic heterocycles. The fourth-order valence-corrected chi connectivity index (χ4v) is 3.56. The lowest BCUT2D eigenvalue weighted by Gasteiger charge is -2.39. The van der Waals surface area contributed by atoms with Gasteiger partial charge in [-0.2, -0.15) is 0 Å². The number of hydrogen-bond donors (Lipinski definition) is 3. The van der Waals surface area contributed by atoms with Crippen LogP contribution in [0.1, 0.15) is 13.8 Å². The molecule has 4 N–H and O–H groups in total. The second-order valence-electron chi connectivity index (χ2n) is 7.06. The SMILES string of the molecule is CC(C)C(CNC(=O)Nc1ccc(S(N)(=O)=O)cc1)N1CCN(C)CC1. The van der Waals surface area contributed by atoms with Crippen LogP contribution in [0.15, 0.2) is 29.2 Å². The Morgan fingerprint density at radius 3 is 2.23 bits per heavy atom. The number of piperazine rings is 1. The number of amides is 2. The first-order chi connectivity index (χ1) is 12.2. The van der Waals surface area contributed by atoms with E-state index in [0.29, 0.717) is 18.2 Å². The monoisotopic (exact) mass is 383 g/mol. The highest BCUT2D eigenvalue weighted by Gasteiger charge is 2.25. The summed E-state index contributed by atoms with van der Waals surface area (Å²) in [6.07, 6.45) is 0. The van der Waals surface area contributed by atoms with E-state index in [1.807, 2.05) is 0 Å². The van der Waals surface area contributed by atoms with E-state index >= 15 is 0 Å². The van der Waals surface area contributed by atoms with Crippen LogP contribution in [0.2, 0.25) is 0 Å². The van der Waals surface area contributed by atoms with Crippen molar-refractivity contribution in [2.45, 2.75) is 24.8 Å². The number of urea groups is 1. The standard InChI is InChI=1S/C17H29N5O3S/c1-13(2)16(22-10-8-21(3)9-11-22)12-19-17(23)20-14-4-6-15(7-5-14)26(18,24)25/h4-7,13,16H,8-12H2,1-3H3,(H2,18,24,25)(H2,19,20,23). The minimum absolute atomic E-state index is 0.0124. The van der Waals surface area contributed by atoms with Crippen LogP contribution in [0.5, 0.6) is 0 Å². The van der Waals surface area contributed by atoms with Crippen LogP contribution >= 0.6 is 0 Å². The molecule has 0 spiro atoms. The molecular weight excluding hydrogens is 354 g/mol. The number of sulfonamides is 1. The molecule has 0 bridgehead atoms. The predicted molar refractivity (Wildman–Crippen MR) is 103 cm³/mol. The highest BCUT2D eigenvalue weighted by Crippen LogP contribution is 2.14. The average Bonchev–Trinajstić information content (AvgIpc) is 2.56. The van der Waals surface area contributed by atoms with Crippen LogP contribution in [-0.4, -0.2) is 70.1 Å². The van der Waals surface area contributed by atoms with Crippen molar-refractivity contribution >= 4 is 21.7 Å². The van der Waals surface area contributed by atoms with Crippen molar-refractivity contribution in [3.8, 4) is 0 Å². The summed E-state index contributed by atoms with van der Waals surface area (Å²) in [6.45, 7) is 8.94. The number of nitrogens with two attached hydrogens (primary N) is 1. The van der Waals surface area contributed by atoms with Gasteiger partial charge in [-0.1, -0.05) is 13.8 Å². The molecule has 0 aliphatic carbocycles. The number of benzene rings is 1. The Hall–Kier alpha value is -1.68. The van der Waals surface area contributed by atoms with Crippen molar-refractivity contribution in [2.75, 3.05) is 45.1 Å². The zero-order chi connectivity index (χ0) is 19.3. The number of likely N-dealkylation sites (N-methyl/N-ethyl adjacent to an activating group) is 1. The summed E-state index contributed by atoms with van der Waals surface area (Å²) in [5, 5.41) is 10.7. The van der Waals surface area contributed by atoms with Crippen LogP contribution in [0.3, 0.4) is 0 Å². The van der Waals surface area contributed by atoms with Crippen LogP contribution < -0.4 is 15.8 Å². The van der Waals surface area contributed by atoms with Gasteiger partial charge in [-0.25, -0.2) is 18.4 Å². The molecule has 2 amide bonds. The number of carbonyl (C=O) groups is 1. The molecule has 1 fully saturated rings. The van der Waals surface area contributed by atoms with Crippen LogP contribution in [0.4, 0.5) is 10.5 Å². The van der Waals surface area contributed by atoms with E-state index in [2.05, 4.69) is 41.3 Å². The summed E-state index contributed by atoms with van der Waals surface area (Å²) in [7, 11) is -1.61. The fraction of sp³-hybridized carbons (Fsp3) is 0.588. The highest BCUT2D eigenvalue weighted by atomic mass is 32.2. The Balaban J connectivity index is 1.88. The molecular formula is C17H29N5O3S. The van der Waals surface area contributed by atoms with Gasteiger partial charge in [0.25, 0.3) is 0 Å². The third-order valence-electron chi connectivity index (χ3n) is 4.69. The Kier molecular flexibility index (Phi) is 6.99. The maximum atomic E-state index is 12.2. The molecule has 0 saturated carbocycles. The molecule has 1 aromatic carbocycles. The van der Waals surface area contributed by atoms with Gasteiger partial charge in [0.15, 0.2) is 0 Å². The van der Waals surface area contributed by atoms with Crippen LogP contribution in [0, 0.1) is 5.92 Å². The number of carbonyl (C=O) groups excluding carboxylic acids is 1. The normalized spacial score (nSPS) is 17.9. The number of nitrogens with one attached hydrogen (secondary N) is 2. The van der Waals surface area contributed by atoms with Gasteiger partial charge < -0.3 is 15.5 Å². The first kappa shape index (κ1) is 20.6. The zero-order valence-electron chi connectivity index (χ0n) is 15.6. The summed E-state index contributed by atoms with van der Waals surface area (Å²) >= 11 is 0. The van der Waals surface area contributed by atoms with E-state index in [0.717, 1.165) is 26.2 Å². The second-order valence-corrected chi connectivity index (χ2v) is 8.62. The van der Waals surface area contributed by atoms with E-state index in [-0.39, 0.29) is 17.0 Å². The first-order valence-corrected chi connectivity index (χ1v) is 10.3. The molecule has 9 heteroatoms. The molecule has 1 aromatic rings. The number of anilines is 1. The summed E-state index contributed by atoms with van der Waals surface area (Å²) < 4.78 is 22.5. The van der Waals surface area contributed by atoms with E-state index in [4.69, 9.17) is 5.14 Å². The molecule has 1 aliphatic rings. The number of primary sulfonamides is 1. The average molecular weight is 384 g/mol. The Labute approximate surface area is 155 Å². The van der Waals surface area contributed by atoms with E-state index in [9.17, 15) is 13.2 Å². The number of hydrogen-bond acceptors (Lipinski definition) is 5. The maximum Gasteiger partial charge on any atom is 0.319 e. The molecule has 0 radical (unpaired) electrons. The van der Waals surface area contributed by atoms with Gasteiger partial charge >= 0.3 is 6.03 Å². The predicted octanol–water partition coefficient (Wildman–Crippen LogP) is 0.728. The minimum atomic E-state index is -3.73. The van der Waals surface area contributed by atoms with Crippen molar-refractivity contribution in [3.63, 3.8) is 0 Å². The largest absolute Gasteiger partial charge is 0.336 e. The summed E-state index contributed by atoms with van der Waals surface area (Å²) in [5.74, 6) is 0.424. The van der Waals surface area contributed by atoms with Crippen molar-refractivity contribution in [2.24, 2.45) is 11.1 Å². The Morgan fingerprint density at radius 2 is 1.73 bits per heavy atom. The minimum Gasteiger partial charge on any atom is -0.336 e. The smallest absolute Gasteiger partial charge is 0.319 e. The van der Waals surface area contributed by atoms with Crippen LogP contribution in [0.25, 0.3) is 0 Å².